The summed E-state index contributed by atoms with van der Waals surface area (Å²) in [6.07, 6.45) is 0. The average Bonchev–Trinajstić information content (AvgIpc) is 2.73. The number of halogens is 1. The first-order valence-electron chi connectivity index (χ1n) is 9.62. The van der Waals surface area contributed by atoms with E-state index in [9.17, 15) is 16.8 Å². The molecule has 0 radical (unpaired) electrons. The molecule has 1 heterocycles. The smallest absolute Gasteiger partial charge is 0.243 e. The molecule has 0 bridgehead atoms. The normalized spacial score (nSPS) is 15.2. The van der Waals surface area contributed by atoms with Crippen LogP contribution in [0.5, 0.6) is 17.2 Å². The molecule has 3 aromatic carbocycles. The van der Waals surface area contributed by atoms with E-state index in [1.807, 2.05) is 6.07 Å². The van der Waals surface area contributed by atoms with Crippen LogP contribution in [0.1, 0.15) is 0 Å². The Morgan fingerprint density at radius 1 is 0.812 bits per heavy atom. The monoisotopic (exact) mass is 493 g/mol. The van der Waals surface area contributed by atoms with Gasteiger partial charge in [-0.05, 0) is 60.7 Å². The fourth-order valence-corrected chi connectivity index (χ4v) is 6.77. The van der Waals surface area contributed by atoms with Gasteiger partial charge in [-0.15, -0.1) is 0 Å². The van der Waals surface area contributed by atoms with Crippen molar-refractivity contribution in [3.8, 4) is 17.2 Å². The van der Waals surface area contributed by atoms with Crippen molar-refractivity contribution in [2.24, 2.45) is 0 Å². The fourth-order valence-electron chi connectivity index (χ4n) is 3.27. The Bertz CT molecular complexity index is 1320. The molecule has 0 atom stereocenters. The van der Waals surface area contributed by atoms with E-state index in [1.165, 1.54) is 43.5 Å². The molecule has 0 amide bonds. The molecule has 1 fully saturated rings. The van der Waals surface area contributed by atoms with Crippen LogP contribution >= 0.6 is 11.6 Å². The lowest BCUT2D eigenvalue weighted by Gasteiger charge is -2.37. The van der Waals surface area contributed by atoms with E-state index >= 15 is 0 Å². The van der Waals surface area contributed by atoms with Crippen LogP contribution in [0.25, 0.3) is 0 Å². The summed E-state index contributed by atoms with van der Waals surface area (Å²) < 4.78 is 63.4. The van der Waals surface area contributed by atoms with Crippen LogP contribution in [0.4, 0.5) is 0 Å². The maximum absolute atomic E-state index is 12.9. The predicted molar refractivity (Wildman–Crippen MR) is 121 cm³/mol. The van der Waals surface area contributed by atoms with E-state index in [1.54, 1.807) is 30.3 Å². The zero-order valence-electron chi connectivity index (χ0n) is 17.0. The highest BCUT2D eigenvalue weighted by molar-refractivity contribution is 7.92. The third-order valence-electron chi connectivity index (χ3n) is 5.15. The molecule has 168 valence electrons. The Kier molecular flexibility index (Phi) is 6.17. The third-order valence-corrected chi connectivity index (χ3v) is 9.36. The molecule has 0 spiro atoms. The lowest BCUT2D eigenvalue weighted by Crippen LogP contribution is -2.56. The lowest BCUT2D eigenvalue weighted by atomic mass is 10.3. The molecular weight excluding hydrogens is 474 g/mol. The molecule has 0 unspecified atom stereocenters. The van der Waals surface area contributed by atoms with Crippen molar-refractivity contribution in [3.63, 3.8) is 0 Å². The lowest BCUT2D eigenvalue weighted by molar-refractivity contribution is 0.309. The van der Waals surface area contributed by atoms with Crippen LogP contribution in [-0.4, -0.2) is 46.6 Å². The molecule has 1 saturated heterocycles. The molecular formula is C22H20ClNO6S2. The molecule has 1 aliphatic rings. The van der Waals surface area contributed by atoms with Gasteiger partial charge in [0, 0.05) is 18.1 Å². The number of ether oxygens (including phenoxy) is 2. The van der Waals surface area contributed by atoms with Gasteiger partial charge in [0.25, 0.3) is 0 Å². The number of hydrogen-bond acceptors (Lipinski definition) is 6. The molecule has 1 aliphatic heterocycles. The SMILES string of the molecule is COc1ccccc1Oc1ccc(S(=O)(=O)N2CC(S(=O)(=O)c3ccc(Cl)cc3)C2)cc1. The van der Waals surface area contributed by atoms with Crippen LogP contribution in [0, 0.1) is 0 Å². The Morgan fingerprint density at radius 2 is 1.38 bits per heavy atom. The van der Waals surface area contributed by atoms with Gasteiger partial charge in [0.2, 0.25) is 10.0 Å². The van der Waals surface area contributed by atoms with E-state index in [-0.39, 0.29) is 22.9 Å². The second kappa shape index (κ2) is 8.74. The van der Waals surface area contributed by atoms with Crippen molar-refractivity contribution < 1.29 is 26.3 Å². The first-order valence-corrected chi connectivity index (χ1v) is 13.0. The maximum atomic E-state index is 12.9. The number of sulfone groups is 1. The van der Waals surface area contributed by atoms with Gasteiger partial charge in [0.15, 0.2) is 21.3 Å². The summed E-state index contributed by atoms with van der Waals surface area (Å²) >= 11 is 5.81. The van der Waals surface area contributed by atoms with Crippen LogP contribution in [0.2, 0.25) is 5.02 Å². The molecule has 32 heavy (non-hydrogen) atoms. The largest absolute Gasteiger partial charge is 0.493 e. The Balaban J connectivity index is 1.45. The van der Waals surface area contributed by atoms with E-state index in [0.29, 0.717) is 22.3 Å². The summed E-state index contributed by atoms with van der Waals surface area (Å²) in [6.45, 7) is -0.209. The zero-order chi connectivity index (χ0) is 22.9. The van der Waals surface area contributed by atoms with Crippen molar-refractivity contribution in [1.29, 1.82) is 0 Å². The summed E-state index contributed by atoms with van der Waals surface area (Å²) in [6, 6.07) is 18.9. The van der Waals surface area contributed by atoms with Gasteiger partial charge < -0.3 is 9.47 Å². The standard InChI is InChI=1S/C22H20ClNO6S2/c1-29-21-4-2-3-5-22(21)30-17-8-12-19(13-9-17)32(27,28)24-14-20(15-24)31(25,26)18-10-6-16(23)7-11-18/h2-13,20H,14-15H2,1H3. The Hall–Kier alpha value is -2.59. The summed E-state index contributed by atoms with van der Waals surface area (Å²) in [7, 11) is -5.93. The topological polar surface area (TPSA) is 90.0 Å². The first kappa shape index (κ1) is 22.6. The predicted octanol–water partition coefficient (Wildman–Crippen LogP) is 3.99. The van der Waals surface area contributed by atoms with Gasteiger partial charge >= 0.3 is 0 Å². The van der Waals surface area contributed by atoms with Crippen LogP contribution in [0.3, 0.4) is 0 Å². The second-order valence-electron chi connectivity index (χ2n) is 7.17. The molecule has 0 aliphatic carbocycles. The Morgan fingerprint density at radius 3 is 1.97 bits per heavy atom. The summed E-state index contributed by atoms with van der Waals surface area (Å²) in [5, 5.41) is -0.369. The fraction of sp³-hybridized carbons (Fsp3) is 0.182. The molecule has 0 saturated carbocycles. The highest BCUT2D eigenvalue weighted by Gasteiger charge is 2.44. The van der Waals surface area contributed by atoms with Crippen molar-refractivity contribution in [2.45, 2.75) is 15.0 Å². The minimum absolute atomic E-state index is 0.0622. The van der Waals surface area contributed by atoms with Gasteiger partial charge in [-0.3, -0.25) is 0 Å². The number of sulfonamides is 1. The molecule has 0 aromatic heterocycles. The summed E-state index contributed by atoms with van der Waals surface area (Å²) in [4.78, 5) is 0.189. The second-order valence-corrected chi connectivity index (χ2v) is 11.8. The van der Waals surface area contributed by atoms with E-state index in [4.69, 9.17) is 21.1 Å². The molecule has 10 heteroatoms. The summed E-state index contributed by atoms with van der Waals surface area (Å²) in [5.41, 5.74) is 0. The van der Waals surface area contributed by atoms with Gasteiger partial charge in [-0.25, -0.2) is 16.8 Å². The van der Waals surface area contributed by atoms with E-state index in [2.05, 4.69) is 0 Å². The van der Waals surface area contributed by atoms with Gasteiger partial charge in [-0.1, -0.05) is 23.7 Å². The van der Waals surface area contributed by atoms with Gasteiger partial charge in [0.1, 0.15) is 5.75 Å². The summed E-state index contributed by atoms with van der Waals surface area (Å²) in [5.74, 6) is 1.50. The minimum atomic E-state index is -3.82. The zero-order valence-corrected chi connectivity index (χ0v) is 19.4. The van der Waals surface area contributed by atoms with Crippen molar-refractivity contribution >= 4 is 31.5 Å². The average molecular weight is 494 g/mol. The van der Waals surface area contributed by atoms with E-state index < -0.39 is 25.1 Å². The van der Waals surface area contributed by atoms with Crippen molar-refractivity contribution in [2.75, 3.05) is 20.2 Å². The highest BCUT2D eigenvalue weighted by atomic mass is 35.5. The highest BCUT2D eigenvalue weighted by Crippen LogP contribution is 2.33. The quantitative estimate of drug-likeness (QED) is 0.494. The van der Waals surface area contributed by atoms with Crippen LogP contribution in [-0.2, 0) is 19.9 Å². The minimum Gasteiger partial charge on any atom is -0.493 e. The van der Waals surface area contributed by atoms with Gasteiger partial charge in [-0.2, -0.15) is 4.31 Å². The molecule has 0 N–H and O–H groups in total. The molecule has 3 aromatic rings. The number of hydrogen-bond donors (Lipinski definition) is 0. The van der Waals surface area contributed by atoms with Crippen molar-refractivity contribution in [3.05, 3.63) is 77.8 Å². The third kappa shape index (κ3) is 4.33. The number of rotatable bonds is 7. The van der Waals surface area contributed by atoms with E-state index in [0.717, 1.165) is 4.31 Å². The Labute approximate surface area is 192 Å². The van der Waals surface area contributed by atoms with Gasteiger partial charge in [0.05, 0.1) is 22.2 Å². The molecule has 7 nitrogen and oxygen atoms in total. The number of para-hydroxylation sites is 2. The number of nitrogens with zero attached hydrogens (tertiary/aromatic N) is 1. The van der Waals surface area contributed by atoms with Crippen LogP contribution in [0.15, 0.2) is 82.6 Å². The molecule has 4 rings (SSSR count). The number of benzene rings is 3. The number of methoxy groups -OCH3 is 1. The van der Waals surface area contributed by atoms with Crippen molar-refractivity contribution in [1.82, 2.24) is 4.31 Å². The van der Waals surface area contributed by atoms with Crippen LogP contribution < -0.4 is 9.47 Å². The first-order chi connectivity index (χ1) is 15.2. The maximum Gasteiger partial charge on any atom is 0.243 e.